The molecule has 0 fully saturated rings. The van der Waals surface area contributed by atoms with E-state index in [9.17, 15) is 4.79 Å². The van der Waals surface area contributed by atoms with Crippen molar-refractivity contribution < 1.29 is 9.53 Å². The minimum Gasteiger partial charge on any atom is -0.481 e. The molecular weight excluding hydrogens is 318 g/mol. The van der Waals surface area contributed by atoms with E-state index in [4.69, 9.17) is 4.74 Å². The number of hydrogen-bond acceptors (Lipinski definition) is 4. The Morgan fingerprint density at radius 1 is 1.24 bits per heavy atom. The Labute approximate surface area is 146 Å². The summed E-state index contributed by atoms with van der Waals surface area (Å²) < 4.78 is 7.15. The number of para-hydroxylation sites is 2. The van der Waals surface area contributed by atoms with Crippen LogP contribution in [0.5, 0.6) is 5.88 Å². The predicted octanol–water partition coefficient (Wildman–Crippen LogP) is 2.96. The molecule has 3 rings (SSSR count). The van der Waals surface area contributed by atoms with E-state index in [0.717, 1.165) is 29.8 Å². The lowest BCUT2D eigenvalue weighted by molar-refractivity contribution is 0.252. The molecule has 2 amide bonds. The monoisotopic (exact) mass is 339 g/mol. The number of benzene rings is 1. The van der Waals surface area contributed by atoms with Crippen molar-refractivity contribution in [2.75, 3.05) is 19.0 Å². The number of aromatic nitrogens is 3. The molecule has 2 N–H and O–H groups in total. The van der Waals surface area contributed by atoms with Crippen LogP contribution in [0.4, 0.5) is 10.5 Å². The van der Waals surface area contributed by atoms with Crippen molar-refractivity contribution in [2.24, 2.45) is 0 Å². The third-order valence-electron chi connectivity index (χ3n) is 3.89. The minimum atomic E-state index is -0.251. The first-order chi connectivity index (χ1) is 12.2. The van der Waals surface area contributed by atoms with Crippen LogP contribution in [0.25, 0.3) is 11.0 Å². The lowest BCUT2D eigenvalue weighted by Gasteiger charge is -2.09. The number of nitrogens with zero attached hydrogens (tertiary/aromatic N) is 3. The second kappa shape index (κ2) is 7.65. The van der Waals surface area contributed by atoms with Crippen molar-refractivity contribution in [3.05, 3.63) is 48.4 Å². The second-order valence-corrected chi connectivity index (χ2v) is 5.62. The van der Waals surface area contributed by atoms with E-state index < -0.39 is 0 Å². The number of hydrogen-bond donors (Lipinski definition) is 2. The molecule has 7 heteroatoms. The van der Waals surface area contributed by atoms with E-state index in [1.54, 1.807) is 25.4 Å². The molecule has 130 valence electrons. The number of ether oxygens (including phenoxy) is 1. The third-order valence-corrected chi connectivity index (χ3v) is 3.89. The summed E-state index contributed by atoms with van der Waals surface area (Å²) in [6.45, 7) is 3.37. The highest BCUT2D eigenvalue weighted by Gasteiger charge is 2.07. The summed E-state index contributed by atoms with van der Waals surface area (Å²) in [4.78, 5) is 20.5. The minimum absolute atomic E-state index is 0.251. The van der Waals surface area contributed by atoms with Gasteiger partial charge in [0.1, 0.15) is 5.82 Å². The van der Waals surface area contributed by atoms with Crippen LogP contribution in [0.2, 0.25) is 0 Å². The van der Waals surface area contributed by atoms with E-state index >= 15 is 0 Å². The van der Waals surface area contributed by atoms with Gasteiger partial charge in [-0.25, -0.2) is 14.8 Å². The average molecular weight is 339 g/mol. The van der Waals surface area contributed by atoms with Gasteiger partial charge in [-0.1, -0.05) is 12.1 Å². The number of rotatable bonds is 6. The van der Waals surface area contributed by atoms with Gasteiger partial charge in [0.25, 0.3) is 0 Å². The molecule has 0 spiro atoms. The van der Waals surface area contributed by atoms with Crippen molar-refractivity contribution >= 4 is 22.8 Å². The molecule has 3 aromatic rings. The molecule has 0 saturated heterocycles. The normalized spacial score (nSPS) is 10.6. The summed E-state index contributed by atoms with van der Waals surface area (Å²) in [5.74, 6) is 1.49. The molecule has 7 nitrogen and oxygen atoms in total. The Bertz CT molecular complexity index is 858. The highest BCUT2D eigenvalue weighted by atomic mass is 16.5. The summed E-state index contributed by atoms with van der Waals surface area (Å²) in [7, 11) is 1.55. The molecule has 0 aliphatic carbocycles. The number of pyridine rings is 1. The highest BCUT2D eigenvalue weighted by molar-refractivity contribution is 5.88. The fourth-order valence-corrected chi connectivity index (χ4v) is 2.67. The lowest BCUT2D eigenvalue weighted by atomic mass is 10.3. The van der Waals surface area contributed by atoms with Crippen LogP contribution in [-0.2, 0) is 6.54 Å². The lowest BCUT2D eigenvalue weighted by Crippen LogP contribution is -2.30. The zero-order valence-corrected chi connectivity index (χ0v) is 14.3. The number of methoxy groups -OCH3 is 1. The topological polar surface area (TPSA) is 81.1 Å². The number of nitrogens with one attached hydrogen (secondary N) is 2. The van der Waals surface area contributed by atoms with Crippen LogP contribution in [0.1, 0.15) is 12.2 Å². The summed E-state index contributed by atoms with van der Waals surface area (Å²) in [6, 6.07) is 11.3. The molecule has 0 bridgehead atoms. The molecule has 1 aromatic carbocycles. The Kier molecular flexibility index (Phi) is 5.13. The fraction of sp³-hybridized carbons (Fsp3) is 0.278. The average Bonchev–Trinajstić information content (AvgIpc) is 2.95. The van der Waals surface area contributed by atoms with Gasteiger partial charge < -0.3 is 19.9 Å². The Hall–Kier alpha value is -3.09. The van der Waals surface area contributed by atoms with Gasteiger partial charge in [-0.3, -0.25) is 0 Å². The van der Waals surface area contributed by atoms with Crippen LogP contribution in [0, 0.1) is 6.92 Å². The quantitative estimate of drug-likeness (QED) is 0.677. The molecule has 0 unspecified atom stereocenters. The largest absolute Gasteiger partial charge is 0.481 e. The van der Waals surface area contributed by atoms with Crippen LogP contribution in [0.15, 0.2) is 42.6 Å². The maximum Gasteiger partial charge on any atom is 0.319 e. The molecule has 0 aliphatic heterocycles. The van der Waals surface area contributed by atoms with Crippen LogP contribution in [0.3, 0.4) is 0 Å². The van der Waals surface area contributed by atoms with E-state index in [1.165, 1.54) is 0 Å². The van der Waals surface area contributed by atoms with Crippen LogP contribution < -0.4 is 15.4 Å². The molecule has 0 radical (unpaired) electrons. The molecule has 0 aliphatic rings. The van der Waals surface area contributed by atoms with Crippen molar-refractivity contribution in [2.45, 2.75) is 19.9 Å². The van der Waals surface area contributed by atoms with Gasteiger partial charge in [0.05, 0.1) is 30.0 Å². The second-order valence-electron chi connectivity index (χ2n) is 5.62. The third kappa shape index (κ3) is 4.06. The van der Waals surface area contributed by atoms with Gasteiger partial charge >= 0.3 is 6.03 Å². The maximum atomic E-state index is 11.9. The number of aryl methyl sites for hydroxylation is 2. The fourth-order valence-electron chi connectivity index (χ4n) is 2.67. The van der Waals surface area contributed by atoms with Crippen molar-refractivity contribution in [1.29, 1.82) is 0 Å². The summed E-state index contributed by atoms with van der Waals surface area (Å²) in [5.41, 5.74) is 2.74. The molecule has 0 saturated carbocycles. The van der Waals surface area contributed by atoms with E-state index in [-0.39, 0.29) is 6.03 Å². The Balaban J connectivity index is 1.47. The molecule has 0 atom stereocenters. The van der Waals surface area contributed by atoms with Crippen molar-refractivity contribution in [1.82, 2.24) is 19.9 Å². The van der Waals surface area contributed by atoms with Gasteiger partial charge in [-0.05, 0) is 31.5 Å². The molecule has 2 aromatic heterocycles. The molecular formula is C18H21N5O2. The SMILES string of the molecule is COc1ccc(NC(=O)NCCCn2c(C)nc3ccccc32)cn1. The van der Waals surface area contributed by atoms with E-state index in [1.807, 2.05) is 25.1 Å². The first-order valence-electron chi connectivity index (χ1n) is 8.14. The van der Waals surface area contributed by atoms with Gasteiger partial charge in [0, 0.05) is 19.2 Å². The number of carbonyl (C=O) groups is 1. The number of imidazole rings is 1. The van der Waals surface area contributed by atoms with E-state index in [0.29, 0.717) is 18.1 Å². The Morgan fingerprint density at radius 3 is 2.84 bits per heavy atom. The number of anilines is 1. The van der Waals surface area contributed by atoms with Crippen LogP contribution in [-0.4, -0.2) is 34.2 Å². The number of fused-ring (bicyclic) bond motifs is 1. The van der Waals surface area contributed by atoms with Crippen molar-refractivity contribution in [3.63, 3.8) is 0 Å². The highest BCUT2D eigenvalue weighted by Crippen LogP contribution is 2.15. The number of urea groups is 1. The summed E-state index contributed by atoms with van der Waals surface area (Å²) in [6.07, 6.45) is 2.37. The summed E-state index contributed by atoms with van der Waals surface area (Å²) >= 11 is 0. The summed E-state index contributed by atoms with van der Waals surface area (Å²) in [5, 5.41) is 5.59. The van der Waals surface area contributed by atoms with Gasteiger partial charge in [0.15, 0.2) is 0 Å². The zero-order chi connectivity index (χ0) is 17.6. The Morgan fingerprint density at radius 2 is 2.08 bits per heavy atom. The molecule has 2 heterocycles. The maximum absolute atomic E-state index is 11.9. The van der Waals surface area contributed by atoms with Crippen LogP contribution >= 0.6 is 0 Å². The first kappa shape index (κ1) is 16.8. The van der Waals surface area contributed by atoms with Gasteiger partial charge in [-0.15, -0.1) is 0 Å². The van der Waals surface area contributed by atoms with Gasteiger partial charge in [0.2, 0.25) is 5.88 Å². The number of carbonyl (C=O) groups excluding carboxylic acids is 1. The smallest absolute Gasteiger partial charge is 0.319 e. The predicted molar refractivity (Wildman–Crippen MR) is 96.9 cm³/mol. The van der Waals surface area contributed by atoms with Gasteiger partial charge in [-0.2, -0.15) is 0 Å². The number of amides is 2. The zero-order valence-electron chi connectivity index (χ0n) is 14.3. The standard InChI is InChI=1S/C18H21N5O2/c1-13-21-15-6-3-4-7-16(15)23(13)11-5-10-19-18(24)22-14-8-9-17(25-2)20-12-14/h3-4,6-9,12H,5,10-11H2,1-2H3,(H2,19,22,24). The first-order valence-corrected chi connectivity index (χ1v) is 8.14. The van der Waals surface area contributed by atoms with E-state index in [2.05, 4.69) is 31.2 Å². The van der Waals surface area contributed by atoms with Crippen molar-refractivity contribution in [3.8, 4) is 5.88 Å². The molecule has 25 heavy (non-hydrogen) atoms.